The summed E-state index contributed by atoms with van der Waals surface area (Å²) in [6, 6.07) is 9.97. The second-order valence-corrected chi connectivity index (χ2v) is 4.22. The molecule has 0 aliphatic carbocycles. The van der Waals surface area contributed by atoms with E-state index in [2.05, 4.69) is 0 Å². The van der Waals surface area contributed by atoms with Crippen LogP contribution in [0, 0.1) is 5.92 Å². The van der Waals surface area contributed by atoms with Gasteiger partial charge in [0.25, 0.3) is 0 Å². The van der Waals surface area contributed by atoms with E-state index in [4.69, 9.17) is 0 Å². The summed E-state index contributed by atoms with van der Waals surface area (Å²) in [5, 5.41) is 0. The molecule has 1 amide bonds. The third-order valence-electron chi connectivity index (χ3n) is 3.02. The van der Waals surface area contributed by atoms with E-state index in [9.17, 15) is 4.79 Å². The van der Waals surface area contributed by atoms with E-state index in [0.29, 0.717) is 0 Å². The van der Waals surface area contributed by atoms with Gasteiger partial charge in [-0.2, -0.15) is 0 Å². The summed E-state index contributed by atoms with van der Waals surface area (Å²) in [6.45, 7) is 2.90. The second-order valence-electron chi connectivity index (χ2n) is 4.22. The van der Waals surface area contributed by atoms with Gasteiger partial charge in [0.2, 0.25) is 5.91 Å². The van der Waals surface area contributed by atoms with E-state index in [1.807, 2.05) is 42.2 Å². The number of para-hydroxylation sites is 1. The maximum absolute atomic E-state index is 12.1. The first kappa shape index (κ1) is 10.2. The second kappa shape index (κ2) is 4.47. The van der Waals surface area contributed by atoms with Crippen LogP contribution in [-0.4, -0.2) is 12.5 Å². The first-order valence-corrected chi connectivity index (χ1v) is 5.65. The highest BCUT2D eigenvalue weighted by Crippen LogP contribution is 2.22. The van der Waals surface area contributed by atoms with Crippen molar-refractivity contribution in [3.63, 3.8) is 0 Å². The predicted octanol–water partition coefficient (Wildman–Crippen LogP) is 2.84. The van der Waals surface area contributed by atoms with Crippen molar-refractivity contribution in [1.82, 2.24) is 0 Å². The Labute approximate surface area is 90.9 Å². The lowest BCUT2D eigenvalue weighted by atomic mass is 10.1. The predicted molar refractivity (Wildman–Crippen MR) is 61.8 cm³/mol. The number of hydrogen-bond donors (Lipinski definition) is 0. The van der Waals surface area contributed by atoms with Crippen LogP contribution in [0.15, 0.2) is 30.3 Å². The Morgan fingerprint density at radius 3 is 2.67 bits per heavy atom. The van der Waals surface area contributed by atoms with Gasteiger partial charge in [-0.25, -0.2) is 0 Å². The summed E-state index contributed by atoms with van der Waals surface area (Å²) in [5.41, 5.74) is 1.04. The van der Waals surface area contributed by atoms with E-state index in [1.165, 1.54) is 0 Å². The Kier molecular flexibility index (Phi) is 3.05. The van der Waals surface area contributed by atoms with E-state index in [-0.39, 0.29) is 11.8 Å². The summed E-state index contributed by atoms with van der Waals surface area (Å²) in [4.78, 5) is 14.0. The average molecular weight is 203 g/mol. The Morgan fingerprint density at radius 1 is 1.20 bits per heavy atom. The highest BCUT2D eigenvalue weighted by molar-refractivity contribution is 5.94. The zero-order valence-corrected chi connectivity index (χ0v) is 9.15. The summed E-state index contributed by atoms with van der Waals surface area (Å²) in [6.07, 6.45) is 3.31. The maximum Gasteiger partial charge on any atom is 0.229 e. The van der Waals surface area contributed by atoms with Crippen molar-refractivity contribution in [3.05, 3.63) is 30.3 Å². The van der Waals surface area contributed by atoms with Crippen LogP contribution >= 0.6 is 0 Å². The summed E-state index contributed by atoms with van der Waals surface area (Å²) < 4.78 is 0. The van der Waals surface area contributed by atoms with Crippen molar-refractivity contribution < 1.29 is 4.79 Å². The first-order valence-electron chi connectivity index (χ1n) is 5.65. The van der Waals surface area contributed by atoms with Crippen LogP contribution in [0.3, 0.4) is 0 Å². The molecule has 0 radical (unpaired) electrons. The van der Waals surface area contributed by atoms with Crippen molar-refractivity contribution in [2.45, 2.75) is 26.2 Å². The normalized spacial score (nSPS) is 22.6. The number of amides is 1. The molecule has 0 N–H and O–H groups in total. The van der Waals surface area contributed by atoms with Crippen molar-refractivity contribution in [1.29, 1.82) is 0 Å². The molecule has 1 heterocycles. The molecule has 2 nitrogen and oxygen atoms in total. The number of carbonyl (C=O) groups excluding carboxylic acids is 1. The molecule has 80 valence electrons. The van der Waals surface area contributed by atoms with Crippen LogP contribution < -0.4 is 4.90 Å². The quantitative estimate of drug-likeness (QED) is 0.687. The topological polar surface area (TPSA) is 20.3 Å². The van der Waals surface area contributed by atoms with Gasteiger partial charge >= 0.3 is 0 Å². The van der Waals surface area contributed by atoms with E-state index >= 15 is 0 Å². The SMILES string of the molecule is C[C@H]1CCCCN(c2ccccc2)C1=O. The van der Waals surface area contributed by atoms with Gasteiger partial charge in [-0.1, -0.05) is 31.5 Å². The van der Waals surface area contributed by atoms with Crippen molar-refractivity contribution in [2.75, 3.05) is 11.4 Å². The van der Waals surface area contributed by atoms with E-state index in [1.54, 1.807) is 0 Å². The Bertz CT molecular complexity index is 334. The van der Waals surface area contributed by atoms with Crippen LogP contribution in [-0.2, 0) is 4.79 Å². The lowest BCUT2D eigenvalue weighted by Crippen LogP contribution is -2.33. The minimum absolute atomic E-state index is 0.174. The molecule has 1 aliphatic heterocycles. The van der Waals surface area contributed by atoms with Crippen molar-refractivity contribution in [3.8, 4) is 0 Å². The molecule has 15 heavy (non-hydrogen) atoms. The number of nitrogens with zero attached hydrogens (tertiary/aromatic N) is 1. The molecular formula is C13H17NO. The van der Waals surface area contributed by atoms with Crippen molar-refractivity contribution >= 4 is 11.6 Å². The minimum atomic E-state index is 0.174. The highest BCUT2D eigenvalue weighted by atomic mass is 16.2. The van der Waals surface area contributed by atoms with Gasteiger partial charge in [0, 0.05) is 18.2 Å². The van der Waals surface area contributed by atoms with Crippen LogP contribution in [0.4, 0.5) is 5.69 Å². The zero-order valence-electron chi connectivity index (χ0n) is 9.15. The first-order chi connectivity index (χ1) is 7.29. The molecular weight excluding hydrogens is 186 g/mol. The summed E-state index contributed by atoms with van der Waals surface area (Å²) >= 11 is 0. The van der Waals surface area contributed by atoms with E-state index in [0.717, 1.165) is 31.5 Å². The Balaban J connectivity index is 2.23. The number of hydrogen-bond acceptors (Lipinski definition) is 1. The third-order valence-corrected chi connectivity index (χ3v) is 3.02. The minimum Gasteiger partial charge on any atom is -0.312 e. The highest BCUT2D eigenvalue weighted by Gasteiger charge is 2.23. The van der Waals surface area contributed by atoms with Gasteiger partial charge in [-0.15, -0.1) is 0 Å². The lowest BCUT2D eigenvalue weighted by molar-refractivity contribution is -0.121. The molecule has 1 aromatic rings. The number of benzene rings is 1. The van der Waals surface area contributed by atoms with Gasteiger partial charge in [-0.05, 0) is 25.0 Å². The van der Waals surface area contributed by atoms with Crippen molar-refractivity contribution in [2.24, 2.45) is 5.92 Å². The standard InChI is InChI=1S/C13H17NO/c1-11-7-5-6-10-14(13(11)15)12-8-3-2-4-9-12/h2-4,8-9,11H,5-7,10H2,1H3/t11-/m0/s1. The zero-order chi connectivity index (χ0) is 10.7. The molecule has 0 saturated carbocycles. The fourth-order valence-corrected chi connectivity index (χ4v) is 2.08. The largest absolute Gasteiger partial charge is 0.312 e. The molecule has 1 aromatic carbocycles. The number of carbonyl (C=O) groups is 1. The smallest absolute Gasteiger partial charge is 0.229 e. The summed E-state index contributed by atoms with van der Waals surface area (Å²) in [5.74, 6) is 0.450. The Morgan fingerprint density at radius 2 is 1.93 bits per heavy atom. The van der Waals surface area contributed by atoms with Gasteiger partial charge in [0.05, 0.1) is 0 Å². The molecule has 1 aliphatic rings. The molecule has 1 saturated heterocycles. The molecule has 2 heteroatoms. The van der Waals surface area contributed by atoms with Gasteiger partial charge < -0.3 is 4.90 Å². The molecule has 0 aromatic heterocycles. The summed E-state index contributed by atoms with van der Waals surface area (Å²) in [7, 11) is 0. The van der Waals surface area contributed by atoms with E-state index < -0.39 is 0 Å². The monoisotopic (exact) mass is 203 g/mol. The molecule has 1 atom stereocenters. The van der Waals surface area contributed by atoms with Gasteiger partial charge in [-0.3, -0.25) is 4.79 Å². The molecule has 0 unspecified atom stereocenters. The Hall–Kier alpha value is -1.31. The fraction of sp³-hybridized carbons (Fsp3) is 0.462. The number of anilines is 1. The van der Waals surface area contributed by atoms with Crippen LogP contribution in [0.5, 0.6) is 0 Å². The van der Waals surface area contributed by atoms with Crippen LogP contribution in [0.1, 0.15) is 26.2 Å². The number of rotatable bonds is 1. The molecule has 0 bridgehead atoms. The molecule has 2 rings (SSSR count). The van der Waals surface area contributed by atoms with Gasteiger partial charge in [0.15, 0.2) is 0 Å². The van der Waals surface area contributed by atoms with Crippen LogP contribution in [0.2, 0.25) is 0 Å². The average Bonchev–Trinajstić information content (AvgIpc) is 2.44. The van der Waals surface area contributed by atoms with Crippen LogP contribution in [0.25, 0.3) is 0 Å². The fourth-order valence-electron chi connectivity index (χ4n) is 2.08. The lowest BCUT2D eigenvalue weighted by Gasteiger charge is -2.22. The van der Waals surface area contributed by atoms with Gasteiger partial charge in [0.1, 0.15) is 0 Å². The molecule has 1 fully saturated rings. The third kappa shape index (κ3) is 2.20. The molecule has 0 spiro atoms. The maximum atomic E-state index is 12.1.